The first-order valence-corrected chi connectivity index (χ1v) is 7.85. The van der Waals surface area contributed by atoms with Gasteiger partial charge in [-0.25, -0.2) is 0 Å². The van der Waals surface area contributed by atoms with Crippen LogP contribution in [-0.4, -0.2) is 6.10 Å². The van der Waals surface area contributed by atoms with Crippen LogP contribution in [0.25, 0.3) is 0 Å². The van der Waals surface area contributed by atoms with E-state index >= 15 is 0 Å². The Labute approximate surface area is 134 Å². The zero-order valence-electron chi connectivity index (χ0n) is 12.3. The minimum atomic E-state index is 0.0665. The van der Waals surface area contributed by atoms with Gasteiger partial charge in [-0.15, -0.1) is 0 Å². The molecule has 0 amide bonds. The van der Waals surface area contributed by atoms with E-state index in [1.54, 1.807) is 0 Å². The number of halogens is 1. The summed E-state index contributed by atoms with van der Waals surface area (Å²) in [7, 11) is 0. The second-order valence-electron chi connectivity index (χ2n) is 5.25. The molecular formula is C17H21BrN2O. The van der Waals surface area contributed by atoms with E-state index in [2.05, 4.69) is 39.6 Å². The Morgan fingerprint density at radius 3 is 2.33 bits per heavy atom. The molecule has 0 fully saturated rings. The van der Waals surface area contributed by atoms with Crippen molar-refractivity contribution in [2.75, 3.05) is 0 Å². The molecule has 0 heterocycles. The smallest absolute Gasteiger partial charge is 0.119 e. The summed E-state index contributed by atoms with van der Waals surface area (Å²) >= 11 is 3.58. The highest BCUT2D eigenvalue weighted by Crippen LogP contribution is 2.25. The second kappa shape index (κ2) is 7.59. The van der Waals surface area contributed by atoms with E-state index in [0.717, 1.165) is 22.2 Å². The number of nitrogens with two attached hydrogens (primary N) is 1. The van der Waals surface area contributed by atoms with E-state index < -0.39 is 0 Å². The molecule has 0 spiro atoms. The molecule has 0 saturated carbocycles. The fraction of sp³-hybridized carbons (Fsp3) is 0.294. The van der Waals surface area contributed by atoms with Crippen LogP contribution in [0.1, 0.15) is 31.0 Å². The Hall–Kier alpha value is -1.36. The molecule has 1 atom stereocenters. The van der Waals surface area contributed by atoms with Gasteiger partial charge >= 0.3 is 0 Å². The molecule has 0 aliphatic heterocycles. The summed E-state index contributed by atoms with van der Waals surface area (Å²) in [6, 6.07) is 16.3. The first-order chi connectivity index (χ1) is 10.1. The van der Waals surface area contributed by atoms with Crippen molar-refractivity contribution in [1.82, 2.24) is 5.43 Å². The lowest BCUT2D eigenvalue weighted by Gasteiger charge is -2.18. The van der Waals surface area contributed by atoms with Crippen LogP contribution in [0.5, 0.6) is 5.75 Å². The van der Waals surface area contributed by atoms with Crippen LogP contribution < -0.4 is 16.0 Å². The average Bonchev–Trinajstić information content (AvgIpc) is 2.47. The van der Waals surface area contributed by atoms with Gasteiger partial charge in [-0.2, -0.15) is 0 Å². The lowest BCUT2D eigenvalue weighted by Crippen LogP contribution is -2.29. The van der Waals surface area contributed by atoms with E-state index in [9.17, 15) is 0 Å². The lowest BCUT2D eigenvalue weighted by molar-refractivity contribution is 0.242. The van der Waals surface area contributed by atoms with Crippen LogP contribution in [0.15, 0.2) is 53.0 Å². The predicted molar refractivity (Wildman–Crippen MR) is 90.1 cm³/mol. The van der Waals surface area contributed by atoms with Crippen molar-refractivity contribution in [3.05, 3.63) is 64.1 Å². The quantitative estimate of drug-likeness (QED) is 0.613. The summed E-state index contributed by atoms with van der Waals surface area (Å²) in [6.45, 7) is 4.04. The SMILES string of the molecule is CC(C)Oc1ccc(C(Cc2ccccc2Br)NN)cc1. The number of rotatable bonds is 6. The Morgan fingerprint density at radius 2 is 1.76 bits per heavy atom. The van der Waals surface area contributed by atoms with Gasteiger partial charge in [0, 0.05) is 4.47 Å². The van der Waals surface area contributed by atoms with Gasteiger partial charge in [0.25, 0.3) is 0 Å². The van der Waals surface area contributed by atoms with Gasteiger partial charge in [0.1, 0.15) is 5.75 Å². The standard InChI is InChI=1S/C17H21BrN2O/c1-12(2)21-15-9-7-13(8-10-15)17(20-19)11-14-5-3-4-6-16(14)18/h3-10,12,17,20H,11,19H2,1-2H3. The predicted octanol–water partition coefficient (Wildman–Crippen LogP) is 3.98. The molecule has 3 N–H and O–H groups in total. The molecule has 0 aromatic heterocycles. The molecule has 1 unspecified atom stereocenters. The number of ether oxygens (including phenoxy) is 1. The molecular weight excluding hydrogens is 328 g/mol. The number of hydrazine groups is 1. The van der Waals surface area contributed by atoms with Crippen molar-refractivity contribution in [2.45, 2.75) is 32.4 Å². The molecule has 2 aromatic carbocycles. The highest BCUT2D eigenvalue weighted by atomic mass is 79.9. The third-order valence-electron chi connectivity index (χ3n) is 3.24. The van der Waals surface area contributed by atoms with Gasteiger partial charge in [-0.3, -0.25) is 11.3 Å². The summed E-state index contributed by atoms with van der Waals surface area (Å²) < 4.78 is 6.76. The maximum atomic E-state index is 5.72. The van der Waals surface area contributed by atoms with Crippen molar-refractivity contribution in [1.29, 1.82) is 0 Å². The minimum absolute atomic E-state index is 0.0665. The molecule has 2 rings (SSSR count). The summed E-state index contributed by atoms with van der Waals surface area (Å²) in [4.78, 5) is 0. The highest BCUT2D eigenvalue weighted by Gasteiger charge is 2.12. The molecule has 0 aliphatic rings. The topological polar surface area (TPSA) is 47.3 Å². The van der Waals surface area contributed by atoms with Gasteiger partial charge in [-0.1, -0.05) is 46.3 Å². The first-order valence-electron chi connectivity index (χ1n) is 7.06. The summed E-state index contributed by atoms with van der Waals surface area (Å²) in [6.07, 6.45) is 1.00. The number of benzene rings is 2. The third kappa shape index (κ3) is 4.56. The molecule has 4 heteroatoms. The summed E-state index contributed by atoms with van der Waals surface area (Å²) in [5.74, 6) is 6.60. The maximum Gasteiger partial charge on any atom is 0.119 e. The van der Waals surface area contributed by atoms with E-state index in [1.165, 1.54) is 5.56 Å². The third-order valence-corrected chi connectivity index (χ3v) is 4.01. The monoisotopic (exact) mass is 348 g/mol. The molecule has 3 nitrogen and oxygen atoms in total. The highest BCUT2D eigenvalue weighted by molar-refractivity contribution is 9.10. The van der Waals surface area contributed by atoms with Crippen molar-refractivity contribution >= 4 is 15.9 Å². The fourth-order valence-electron chi connectivity index (χ4n) is 2.21. The Balaban J connectivity index is 2.12. The van der Waals surface area contributed by atoms with Crippen LogP contribution >= 0.6 is 15.9 Å². The van der Waals surface area contributed by atoms with E-state index in [0.29, 0.717) is 0 Å². The van der Waals surface area contributed by atoms with Crippen LogP contribution in [0.3, 0.4) is 0 Å². The van der Waals surface area contributed by atoms with E-state index in [-0.39, 0.29) is 12.1 Å². The van der Waals surface area contributed by atoms with Gasteiger partial charge in [0.2, 0.25) is 0 Å². The van der Waals surface area contributed by atoms with Gasteiger partial charge in [0.15, 0.2) is 0 Å². The van der Waals surface area contributed by atoms with E-state index in [1.807, 2.05) is 44.2 Å². The lowest BCUT2D eigenvalue weighted by atomic mass is 9.99. The molecule has 21 heavy (non-hydrogen) atoms. The normalized spacial score (nSPS) is 12.4. The molecule has 112 valence electrons. The van der Waals surface area contributed by atoms with E-state index in [4.69, 9.17) is 10.6 Å². The fourth-order valence-corrected chi connectivity index (χ4v) is 2.65. The van der Waals surface area contributed by atoms with Gasteiger partial charge < -0.3 is 4.74 Å². The zero-order chi connectivity index (χ0) is 15.2. The minimum Gasteiger partial charge on any atom is -0.491 e. The summed E-state index contributed by atoms with van der Waals surface area (Å²) in [5.41, 5.74) is 5.26. The number of nitrogens with one attached hydrogen (secondary N) is 1. The first kappa shape index (κ1) is 16.0. The van der Waals surface area contributed by atoms with Crippen LogP contribution in [0.2, 0.25) is 0 Å². The molecule has 0 radical (unpaired) electrons. The Morgan fingerprint density at radius 1 is 1.10 bits per heavy atom. The number of hydrogen-bond acceptors (Lipinski definition) is 3. The second-order valence-corrected chi connectivity index (χ2v) is 6.10. The van der Waals surface area contributed by atoms with Crippen molar-refractivity contribution in [3.63, 3.8) is 0 Å². The Bertz CT molecular complexity index is 569. The molecule has 2 aromatic rings. The molecule has 0 bridgehead atoms. The summed E-state index contributed by atoms with van der Waals surface area (Å²) in [5, 5.41) is 0. The zero-order valence-corrected chi connectivity index (χ0v) is 13.9. The molecule has 0 saturated heterocycles. The number of hydrogen-bond donors (Lipinski definition) is 2. The van der Waals surface area contributed by atoms with Crippen LogP contribution in [-0.2, 0) is 6.42 Å². The van der Waals surface area contributed by atoms with Gasteiger partial charge in [-0.05, 0) is 49.6 Å². The largest absolute Gasteiger partial charge is 0.491 e. The Kier molecular flexibility index (Phi) is 5.79. The van der Waals surface area contributed by atoms with Crippen molar-refractivity contribution in [3.8, 4) is 5.75 Å². The molecule has 0 aliphatic carbocycles. The van der Waals surface area contributed by atoms with Crippen LogP contribution in [0, 0.1) is 0 Å². The van der Waals surface area contributed by atoms with Crippen molar-refractivity contribution < 1.29 is 4.74 Å². The van der Waals surface area contributed by atoms with Crippen molar-refractivity contribution in [2.24, 2.45) is 5.84 Å². The van der Waals surface area contributed by atoms with Gasteiger partial charge in [0.05, 0.1) is 12.1 Å². The average molecular weight is 349 g/mol. The maximum absolute atomic E-state index is 5.72. The van der Waals surface area contributed by atoms with Crippen LogP contribution in [0.4, 0.5) is 0 Å².